The molecule has 4 aromatic heterocycles. The Kier molecular flexibility index (Phi) is 12.4. The maximum absolute atomic E-state index is 15.2. The van der Waals surface area contributed by atoms with Crippen LogP contribution in [0.2, 0.25) is 19.6 Å². The molecule has 0 spiro atoms. The third-order valence-corrected chi connectivity index (χ3v) is 16.7. The third-order valence-electron chi connectivity index (χ3n) is 13.4. The van der Waals surface area contributed by atoms with Crippen LogP contribution in [0.4, 0.5) is 4.39 Å². The molecule has 0 aliphatic heterocycles. The van der Waals surface area contributed by atoms with E-state index in [2.05, 4.69) is 119 Å². The molecular formula is C56H53FIrN2OSSi-2. The number of pyridine rings is 2. The van der Waals surface area contributed by atoms with Crippen LogP contribution in [0.15, 0.2) is 126 Å². The fourth-order valence-electron chi connectivity index (χ4n) is 10.4. The first-order valence-corrected chi connectivity index (χ1v) is 26.8. The fraction of sp³-hybridized carbons (Fsp3) is 0.286. The number of aromatic nitrogens is 2. The average Bonchev–Trinajstić information content (AvgIpc) is 3.86. The average molecular weight is 1040 g/mol. The summed E-state index contributed by atoms with van der Waals surface area (Å²) >= 11 is 1.64. The van der Waals surface area contributed by atoms with Gasteiger partial charge in [0.05, 0.1) is 13.7 Å². The second-order valence-electron chi connectivity index (χ2n) is 19.2. The standard InChI is InChI=1S/C32H27FNS.C24H26NOSi.Ir/c33-28-12-11-26(29-18-21(14-15-34-29)17-25-16-20-6-8-23(25)9-7-20)32-31(28)27-19-24(10-13-30(27)35-32)22-4-2-1-3-5-22;1-16(2)13-17-14-21(25-15-23(17)27(3,4)5)20-11-8-10-19-18-9-6-7-12-22(18)26-24(19)20;/h1-5,10,12-15,18-20,23,25H,6-9,16-17H2;6-10,12,14-16H,13H2,1-5H3;/q2*-1;. The van der Waals surface area contributed by atoms with Crippen molar-refractivity contribution in [1.82, 2.24) is 9.97 Å². The van der Waals surface area contributed by atoms with Gasteiger partial charge in [-0.1, -0.05) is 135 Å². The van der Waals surface area contributed by atoms with E-state index in [9.17, 15) is 0 Å². The first kappa shape index (κ1) is 43.5. The zero-order valence-electron chi connectivity index (χ0n) is 36.7. The Morgan fingerprint density at radius 2 is 1.57 bits per heavy atom. The molecule has 0 amide bonds. The number of benzene rings is 5. The van der Waals surface area contributed by atoms with Gasteiger partial charge in [-0.2, -0.15) is 11.3 Å². The number of fused-ring (bicyclic) bond motifs is 9. The van der Waals surface area contributed by atoms with E-state index in [1.807, 2.05) is 42.6 Å². The molecule has 5 aromatic carbocycles. The molecule has 12 rings (SSSR count). The predicted octanol–water partition coefficient (Wildman–Crippen LogP) is 15.3. The van der Waals surface area contributed by atoms with E-state index >= 15 is 4.39 Å². The number of halogens is 1. The smallest absolute Gasteiger partial charge is 0.120 e. The molecule has 4 heterocycles. The summed E-state index contributed by atoms with van der Waals surface area (Å²) in [5.74, 6) is 3.03. The van der Waals surface area contributed by atoms with Gasteiger partial charge in [0.2, 0.25) is 0 Å². The third kappa shape index (κ3) is 8.75. The van der Waals surface area contributed by atoms with Gasteiger partial charge in [0.25, 0.3) is 0 Å². The second kappa shape index (κ2) is 18.0. The van der Waals surface area contributed by atoms with Crippen LogP contribution in [0, 0.1) is 41.6 Å². The van der Waals surface area contributed by atoms with E-state index in [-0.39, 0.29) is 25.9 Å². The number of para-hydroxylation sites is 1. The van der Waals surface area contributed by atoms with Crippen molar-refractivity contribution in [2.45, 2.75) is 78.4 Å². The van der Waals surface area contributed by atoms with Crippen molar-refractivity contribution >= 4 is 66.7 Å². The molecule has 2 bridgehead atoms. The molecule has 3 nitrogen and oxygen atoms in total. The SMILES string of the molecule is CC(C)Cc1cc(-c2[c-]ccc3c2oc2ccccc23)ncc1[Si](C)(C)C.Fc1c[c-]c(-c2cc(CC3CC4CCC3CC4)ccn2)c2sc3ccc(-c4ccccc4)cc3c12.[Ir]. The van der Waals surface area contributed by atoms with E-state index in [1.54, 1.807) is 11.3 Å². The number of rotatable bonds is 8. The molecule has 1 atom stereocenters. The van der Waals surface area contributed by atoms with Gasteiger partial charge >= 0.3 is 0 Å². The van der Waals surface area contributed by atoms with Crippen LogP contribution >= 0.6 is 11.3 Å². The number of nitrogens with zero attached hydrogens (tertiary/aromatic N) is 2. The Morgan fingerprint density at radius 1 is 0.794 bits per heavy atom. The molecule has 321 valence electrons. The summed E-state index contributed by atoms with van der Waals surface area (Å²) in [6.45, 7) is 11.7. The van der Waals surface area contributed by atoms with Crippen LogP contribution in [0.25, 0.3) is 75.8 Å². The zero-order valence-corrected chi connectivity index (χ0v) is 40.9. The normalized spacial score (nSPS) is 17.3. The zero-order chi connectivity index (χ0) is 42.5. The molecule has 3 aliphatic rings. The molecule has 0 N–H and O–H groups in total. The van der Waals surface area contributed by atoms with Crippen LogP contribution in [-0.2, 0) is 32.9 Å². The summed E-state index contributed by atoms with van der Waals surface area (Å²) in [4.78, 5) is 9.57. The minimum atomic E-state index is -1.44. The van der Waals surface area contributed by atoms with Gasteiger partial charge in [-0.05, 0) is 123 Å². The molecule has 63 heavy (non-hydrogen) atoms. The van der Waals surface area contributed by atoms with Gasteiger partial charge in [-0.3, -0.25) is 4.39 Å². The van der Waals surface area contributed by atoms with Crippen molar-refractivity contribution in [3.05, 3.63) is 151 Å². The van der Waals surface area contributed by atoms with Crippen LogP contribution in [-0.4, -0.2) is 18.0 Å². The molecular weight excluding hydrogens is 988 g/mol. The van der Waals surface area contributed by atoms with Crippen LogP contribution < -0.4 is 5.19 Å². The first-order chi connectivity index (χ1) is 30.1. The Bertz CT molecular complexity index is 3070. The van der Waals surface area contributed by atoms with E-state index < -0.39 is 8.07 Å². The molecule has 1 radical (unpaired) electrons. The Balaban J connectivity index is 0.000000163. The number of hydrogen-bond donors (Lipinski definition) is 0. The van der Waals surface area contributed by atoms with Crippen molar-refractivity contribution < 1.29 is 28.9 Å². The first-order valence-electron chi connectivity index (χ1n) is 22.5. The van der Waals surface area contributed by atoms with Gasteiger partial charge in [0.1, 0.15) is 5.58 Å². The summed E-state index contributed by atoms with van der Waals surface area (Å²) < 4.78 is 23.4. The monoisotopic (exact) mass is 1040 g/mol. The minimum absolute atomic E-state index is 0. The molecule has 3 saturated carbocycles. The molecule has 9 aromatic rings. The van der Waals surface area contributed by atoms with Crippen molar-refractivity contribution in [3.8, 4) is 33.6 Å². The number of hydrogen-bond acceptors (Lipinski definition) is 4. The summed E-state index contributed by atoms with van der Waals surface area (Å²) in [5.41, 5.74) is 10.5. The van der Waals surface area contributed by atoms with Crippen LogP contribution in [0.5, 0.6) is 0 Å². The molecule has 1 unspecified atom stereocenters. The topological polar surface area (TPSA) is 38.9 Å². The maximum atomic E-state index is 15.2. The molecule has 7 heteroatoms. The van der Waals surface area contributed by atoms with Crippen LogP contribution in [0.3, 0.4) is 0 Å². The predicted molar refractivity (Wildman–Crippen MR) is 261 cm³/mol. The maximum Gasteiger partial charge on any atom is 0.120 e. The Morgan fingerprint density at radius 3 is 2.33 bits per heavy atom. The quantitative estimate of drug-likeness (QED) is 0.112. The minimum Gasteiger partial charge on any atom is -0.501 e. The summed E-state index contributed by atoms with van der Waals surface area (Å²) in [5, 5.41) is 5.38. The molecule has 3 fully saturated rings. The van der Waals surface area contributed by atoms with Crippen molar-refractivity contribution in [2.24, 2.45) is 23.7 Å². The van der Waals surface area contributed by atoms with E-state index in [1.165, 1.54) is 54.5 Å². The summed E-state index contributed by atoms with van der Waals surface area (Å²) in [6, 6.07) is 43.7. The summed E-state index contributed by atoms with van der Waals surface area (Å²) in [7, 11) is -1.44. The number of furan rings is 1. The van der Waals surface area contributed by atoms with Crippen molar-refractivity contribution in [3.63, 3.8) is 0 Å². The van der Waals surface area contributed by atoms with Crippen molar-refractivity contribution in [2.75, 3.05) is 0 Å². The largest absolute Gasteiger partial charge is 0.501 e. The second-order valence-corrected chi connectivity index (χ2v) is 25.3. The fourth-order valence-corrected chi connectivity index (χ4v) is 13.2. The van der Waals surface area contributed by atoms with E-state index in [4.69, 9.17) is 14.4 Å². The van der Waals surface area contributed by atoms with Gasteiger partial charge in [-0.15, -0.1) is 35.9 Å². The van der Waals surface area contributed by atoms with Crippen LogP contribution in [0.1, 0.15) is 57.1 Å². The Labute approximate surface area is 389 Å². The van der Waals surface area contributed by atoms with Gasteiger partial charge in [0.15, 0.2) is 0 Å². The number of thiophene rings is 1. The van der Waals surface area contributed by atoms with E-state index in [0.717, 1.165) is 101 Å². The molecule has 3 aliphatic carbocycles. The van der Waals surface area contributed by atoms with E-state index in [0.29, 0.717) is 11.3 Å². The van der Waals surface area contributed by atoms with Crippen molar-refractivity contribution in [1.29, 1.82) is 0 Å². The Hall–Kier alpha value is -4.78. The van der Waals surface area contributed by atoms with Gasteiger partial charge < -0.3 is 14.4 Å². The van der Waals surface area contributed by atoms with Gasteiger partial charge in [-0.25, -0.2) is 0 Å². The molecule has 0 saturated heterocycles. The van der Waals surface area contributed by atoms with Gasteiger partial charge in [0, 0.05) is 48.4 Å². The summed E-state index contributed by atoms with van der Waals surface area (Å²) in [6.07, 6.45) is 13.3.